The fourth-order valence-corrected chi connectivity index (χ4v) is 2.61. The SMILES string of the molecule is Nc1cn(Cc2ccc(Cl)cc2)nc1-c1ccc(I)cc1. The van der Waals surface area contributed by atoms with Gasteiger partial charge in [0.2, 0.25) is 0 Å². The third kappa shape index (κ3) is 3.39. The van der Waals surface area contributed by atoms with Gasteiger partial charge in [-0.25, -0.2) is 0 Å². The van der Waals surface area contributed by atoms with Gasteiger partial charge in [-0.05, 0) is 52.4 Å². The topological polar surface area (TPSA) is 43.8 Å². The third-order valence-electron chi connectivity index (χ3n) is 3.17. The number of rotatable bonds is 3. The van der Waals surface area contributed by atoms with E-state index in [1.807, 2.05) is 59.4 Å². The third-order valence-corrected chi connectivity index (χ3v) is 4.14. The maximum atomic E-state index is 6.08. The molecule has 1 heterocycles. The van der Waals surface area contributed by atoms with Gasteiger partial charge in [0.25, 0.3) is 0 Å². The molecule has 0 unspecified atom stereocenters. The highest BCUT2D eigenvalue weighted by Gasteiger charge is 2.08. The van der Waals surface area contributed by atoms with Crippen LogP contribution in [0.5, 0.6) is 0 Å². The Balaban J connectivity index is 1.87. The molecule has 3 rings (SSSR count). The summed E-state index contributed by atoms with van der Waals surface area (Å²) in [6.45, 7) is 0.672. The zero-order chi connectivity index (χ0) is 14.8. The van der Waals surface area contributed by atoms with Crippen molar-refractivity contribution in [2.75, 3.05) is 5.73 Å². The molecule has 106 valence electrons. The quantitative estimate of drug-likeness (QED) is 0.650. The molecule has 0 aliphatic heterocycles. The Hall–Kier alpha value is -1.53. The minimum absolute atomic E-state index is 0.672. The standard InChI is InChI=1S/C16H13ClIN3/c17-13-5-1-11(2-6-13)9-21-10-15(19)16(20-21)12-3-7-14(18)8-4-12/h1-8,10H,9,19H2. The van der Waals surface area contributed by atoms with Gasteiger partial charge in [-0.2, -0.15) is 5.10 Å². The van der Waals surface area contributed by atoms with Crippen LogP contribution in [0, 0.1) is 3.57 Å². The van der Waals surface area contributed by atoms with Gasteiger partial charge in [0.15, 0.2) is 0 Å². The number of nitrogens with zero attached hydrogens (tertiary/aromatic N) is 2. The number of hydrogen-bond donors (Lipinski definition) is 1. The molecule has 3 nitrogen and oxygen atoms in total. The zero-order valence-electron chi connectivity index (χ0n) is 11.1. The van der Waals surface area contributed by atoms with Crippen LogP contribution >= 0.6 is 34.2 Å². The van der Waals surface area contributed by atoms with Crippen molar-refractivity contribution in [3.8, 4) is 11.3 Å². The summed E-state index contributed by atoms with van der Waals surface area (Å²) in [4.78, 5) is 0. The van der Waals surface area contributed by atoms with E-state index in [9.17, 15) is 0 Å². The lowest BCUT2D eigenvalue weighted by atomic mass is 10.1. The summed E-state index contributed by atoms with van der Waals surface area (Å²) < 4.78 is 3.04. The van der Waals surface area contributed by atoms with E-state index in [1.54, 1.807) is 0 Å². The average Bonchev–Trinajstić information content (AvgIpc) is 2.83. The summed E-state index contributed by atoms with van der Waals surface area (Å²) >= 11 is 8.17. The van der Waals surface area contributed by atoms with Gasteiger partial charge in [0.1, 0.15) is 5.69 Å². The van der Waals surface area contributed by atoms with Crippen LogP contribution < -0.4 is 5.73 Å². The smallest absolute Gasteiger partial charge is 0.115 e. The predicted molar refractivity (Wildman–Crippen MR) is 95.3 cm³/mol. The second-order valence-electron chi connectivity index (χ2n) is 4.76. The average molecular weight is 410 g/mol. The first-order valence-electron chi connectivity index (χ1n) is 6.45. The highest BCUT2D eigenvalue weighted by atomic mass is 127. The normalized spacial score (nSPS) is 10.8. The van der Waals surface area contributed by atoms with Gasteiger partial charge < -0.3 is 5.73 Å². The molecule has 3 aromatic rings. The van der Waals surface area contributed by atoms with E-state index in [0.717, 1.165) is 21.8 Å². The molecule has 0 saturated carbocycles. The molecule has 5 heteroatoms. The number of nitrogens with two attached hydrogens (primary N) is 1. The summed E-state index contributed by atoms with van der Waals surface area (Å²) in [5.41, 5.74) is 9.75. The van der Waals surface area contributed by atoms with Crippen molar-refractivity contribution in [2.24, 2.45) is 0 Å². The van der Waals surface area contributed by atoms with Crippen LogP contribution in [0.2, 0.25) is 5.02 Å². The first-order valence-corrected chi connectivity index (χ1v) is 7.91. The van der Waals surface area contributed by atoms with Crippen molar-refractivity contribution in [3.05, 3.63) is 68.9 Å². The van der Waals surface area contributed by atoms with E-state index in [-0.39, 0.29) is 0 Å². The summed E-state index contributed by atoms with van der Waals surface area (Å²) in [5, 5.41) is 5.32. The molecule has 0 aliphatic carbocycles. The molecule has 1 aromatic heterocycles. The molecule has 0 aliphatic rings. The monoisotopic (exact) mass is 409 g/mol. The van der Waals surface area contributed by atoms with Crippen molar-refractivity contribution in [3.63, 3.8) is 0 Å². The van der Waals surface area contributed by atoms with Crippen LogP contribution in [-0.4, -0.2) is 9.78 Å². The first-order chi connectivity index (χ1) is 10.1. The molecule has 0 spiro atoms. The van der Waals surface area contributed by atoms with Gasteiger partial charge in [0, 0.05) is 20.4 Å². The molecule has 0 atom stereocenters. The minimum Gasteiger partial charge on any atom is -0.396 e. The molecule has 0 radical (unpaired) electrons. The summed E-state index contributed by atoms with van der Waals surface area (Å²) in [6.07, 6.45) is 1.86. The van der Waals surface area contributed by atoms with Crippen LogP contribution in [-0.2, 0) is 6.54 Å². The van der Waals surface area contributed by atoms with Crippen molar-refractivity contribution in [1.29, 1.82) is 0 Å². The van der Waals surface area contributed by atoms with Crippen LogP contribution in [0.1, 0.15) is 5.56 Å². The lowest BCUT2D eigenvalue weighted by Crippen LogP contribution is -2.00. The van der Waals surface area contributed by atoms with Gasteiger partial charge in [-0.15, -0.1) is 0 Å². The molecule has 0 bridgehead atoms. The van der Waals surface area contributed by atoms with E-state index in [1.165, 1.54) is 3.57 Å². The Labute approximate surface area is 141 Å². The first kappa shape index (κ1) is 14.4. The van der Waals surface area contributed by atoms with E-state index < -0.39 is 0 Å². The molecule has 2 N–H and O–H groups in total. The van der Waals surface area contributed by atoms with Gasteiger partial charge in [-0.1, -0.05) is 35.9 Å². The maximum Gasteiger partial charge on any atom is 0.115 e. The number of benzene rings is 2. The second-order valence-corrected chi connectivity index (χ2v) is 6.45. The second kappa shape index (κ2) is 6.07. The Morgan fingerprint density at radius 1 is 1.05 bits per heavy atom. The molecule has 21 heavy (non-hydrogen) atoms. The molecular formula is C16H13ClIN3. The Morgan fingerprint density at radius 3 is 2.38 bits per heavy atom. The van der Waals surface area contributed by atoms with Crippen LogP contribution in [0.4, 0.5) is 5.69 Å². The minimum atomic E-state index is 0.672. The maximum absolute atomic E-state index is 6.08. The summed E-state index contributed by atoms with van der Waals surface area (Å²) in [6, 6.07) is 15.9. The lowest BCUT2D eigenvalue weighted by Gasteiger charge is -2.02. The Bertz CT molecular complexity index is 748. The Morgan fingerprint density at radius 2 is 1.71 bits per heavy atom. The van der Waals surface area contributed by atoms with Crippen molar-refractivity contribution < 1.29 is 0 Å². The van der Waals surface area contributed by atoms with Crippen LogP contribution in [0.15, 0.2) is 54.7 Å². The number of nitrogen functional groups attached to an aromatic ring is 1. The lowest BCUT2D eigenvalue weighted by molar-refractivity contribution is 0.689. The molecule has 0 saturated heterocycles. The fraction of sp³-hybridized carbons (Fsp3) is 0.0625. The summed E-state index contributed by atoms with van der Waals surface area (Å²) in [7, 11) is 0. The number of hydrogen-bond acceptors (Lipinski definition) is 2. The van der Waals surface area contributed by atoms with Crippen LogP contribution in [0.3, 0.4) is 0 Å². The fourth-order valence-electron chi connectivity index (χ4n) is 2.13. The molecule has 0 amide bonds. The van der Waals surface area contributed by atoms with Gasteiger partial charge in [0.05, 0.1) is 12.2 Å². The van der Waals surface area contributed by atoms with Crippen molar-refractivity contribution >= 4 is 39.9 Å². The molecular weight excluding hydrogens is 397 g/mol. The number of aromatic nitrogens is 2. The summed E-state index contributed by atoms with van der Waals surface area (Å²) in [5.74, 6) is 0. The number of anilines is 1. The van der Waals surface area contributed by atoms with Crippen molar-refractivity contribution in [2.45, 2.75) is 6.54 Å². The highest BCUT2D eigenvalue weighted by molar-refractivity contribution is 14.1. The predicted octanol–water partition coefficient (Wildman–Crippen LogP) is 4.44. The van der Waals surface area contributed by atoms with E-state index >= 15 is 0 Å². The van der Waals surface area contributed by atoms with Crippen LogP contribution in [0.25, 0.3) is 11.3 Å². The molecule has 0 fully saturated rings. The highest BCUT2D eigenvalue weighted by Crippen LogP contribution is 2.25. The largest absolute Gasteiger partial charge is 0.396 e. The Kier molecular flexibility index (Phi) is 4.17. The number of halogens is 2. The van der Waals surface area contributed by atoms with Crippen molar-refractivity contribution in [1.82, 2.24) is 9.78 Å². The zero-order valence-corrected chi connectivity index (χ0v) is 14.0. The molecule has 2 aromatic carbocycles. The van der Waals surface area contributed by atoms with E-state index in [4.69, 9.17) is 17.3 Å². The van der Waals surface area contributed by atoms with Gasteiger partial charge >= 0.3 is 0 Å². The van der Waals surface area contributed by atoms with E-state index in [0.29, 0.717) is 12.2 Å². The van der Waals surface area contributed by atoms with Gasteiger partial charge in [-0.3, -0.25) is 4.68 Å². The van der Waals surface area contributed by atoms with E-state index in [2.05, 4.69) is 27.7 Å².